The first-order valence-corrected chi connectivity index (χ1v) is 14.5. The van der Waals surface area contributed by atoms with E-state index in [2.05, 4.69) is 111 Å². The lowest BCUT2D eigenvalue weighted by Crippen LogP contribution is -2.30. The fourth-order valence-corrected chi connectivity index (χ4v) is 4.83. The molecule has 1 rings (SSSR count). The smallest absolute Gasteiger partial charge is 0.126 e. The molecule has 0 aliphatic rings. The Bertz CT molecular complexity index is 820. The Labute approximate surface area is 177 Å². The van der Waals surface area contributed by atoms with Crippen molar-refractivity contribution in [2.75, 3.05) is 0 Å². The minimum Gasteiger partial charge on any atom is -0.126 e. The molecule has 0 atom stereocenters. The predicted octanol–water partition coefficient (Wildman–Crippen LogP) is 6.84. The van der Waals surface area contributed by atoms with Crippen LogP contribution in [0, 0.1) is 23.8 Å². The fraction of sp³-hybridized carbons (Fsp3) is 0.577. The molecule has 1 aromatic rings. The zero-order valence-electron chi connectivity index (χ0n) is 20.2. The molecule has 0 aliphatic heterocycles. The van der Waals surface area contributed by atoms with Gasteiger partial charge in [-0.2, -0.15) is 0 Å². The van der Waals surface area contributed by atoms with Crippen molar-refractivity contribution in [2.24, 2.45) is 0 Å². The van der Waals surface area contributed by atoms with Crippen LogP contribution in [0.3, 0.4) is 0 Å². The molecule has 0 unspecified atom stereocenters. The number of terminal acetylenes is 1. The van der Waals surface area contributed by atoms with Crippen LogP contribution in [0.15, 0.2) is 12.1 Å². The first kappa shape index (κ1) is 24.8. The van der Waals surface area contributed by atoms with Gasteiger partial charge in [-0.05, 0) is 41.1 Å². The highest BCUT2D eigenvalue weighted by Crippen LogP contribution is 2.35. The average molecular weight is 411 g/mol. The van der Waals surface area contributed by atoms with Crippen LogP contribution >= 0.6 is 8.20 Å². The van der Waals surface area contributed by atoms with Crippen molar-refractivity contribution < 1.29 is 0 Å². The SMILES string of the molecule is C#CC(C#C[Si](C)(C)C)=Pc1c(C(C)(C)C)cc(C(C)(C)C)cc1C(C)(C)C. The second kappa shape index (κ2) is 8.23. The lowest BCUT2D eigenvalue weighted by Gasteiger charge is -2.32. The highest BCUT2D eigenvalue weighted by atomic mass is 31.1. The molecule has 0 nitrogen and oxygen atoms in total. The van der Waals surface area contributed by atoms with E-state index in [0.29, 0.717) is 0 Å². The molecule has 28 heavy (non-hydrogen) atoms. The van der Waals surface area contributed by atoms with E-state index in [0.717, 1.165) is 13.5 Å². The van der Waals surface area contributed by atoms with E-state index in [9.17, 15) is 0 Å². The second-order valence-electron chi connectivity index (χ2n) is 11.8. The van der Waals surface area contributed by atoms with Gasteiger partial charge in [0.05, 0.1) is 0 Å². The zero-order chi connectivity index (χ0) is 22.1. The molecule has 2 heteroatoms. The van der Waals surface area contributed by atoms with E-state index in [1.165, 1.54) is 22.0 Å². The summed E-state index contributed by atoms with van der Waals surface area (Å²) in [6.07, 6.45) is 5.89. The molecule has 1 aromatic carbocycles. The molecular weight excluding hydrogens is 371 g/mol. The summed E-state index contributed by atoms with van der Waals surface area (Å²) in [5, 5.41) is 2.22. The summed E-state index contributed by atoms with van der Waals surface area (Å²) in [7, 11) is -0.410. The van der Waals surface area contributed by atoms with E-state index >= 15 is 0 Å². The molecule has 0 aliphatic carbocycles. The lowest BCUT2D eigenvalue weighted by atomic mass is 9.75. The lowest BCUT2D eigenvalue weighted by molar-refractivity contribution is 0.554. The van der Waals surface area contributed by atoms with Gasteiger partial charge in [0, 0.05) is 5.30 Å². The molecule has 0 bridgehead atoms. The predicted molar refractivity (Wildman–Crippen MR) is 134 cm³/mol. The summed E-state index contributed by atoms with van der Waals surface area (Å²) in [5.74, 6) is 6.22. The van der Waals surface area contributed by atoms with Crippen molar-refractivity contribution >= 4 is 26.9 Å². The summed E-state index contributed by atoms with van der Waals surface area (Å²) in [6.45, 7) is 27.4. The Morgan fingerprint density at radius 3 is 1.54 bits per heavy atom. The van der Waals surface area contributed by atoms with E-state index in [-0.39, 0.29) is 16.2 Å². The van der Waals surface area contributed by atoms with Crippen molar-refractivity contribution in [3.05, 3.63) is 28.8 Å². The Kier molecular flexibility index (Phi) is 7.28. The standard InChI is InChI=1S/C26H39PSi/c1-14-20(15-16-28(11,12)13)27-23-21(25(5,6)7)17-19(24(2,3)4)18-22(23)26(8,9)10/h1,17-18H,2-13H3. The summed E-state index contributed by atoms with van der Waals surface area (Å²) in [4.78, 5) is 0. The minimum absolute atomic E-state index is 0.0372. The van der Waals surface area contributed by atoms with Crippen LogP contribution in [0.1, 0.15) is 79.0 Å². The van der Waals surface area contributed by atoms with Crippen LogP contribution in [0.2, 0.25) is 19.6 Å². The minimum atomic E-state index is -1.47. The molecule has 0 aromatic heterocycles. The van der Waals surface area contributed by atoms with E-state index < -0.39 is 8.07 Å². The van der Waals surface area contributed by atoms with E-state index in [1.54, 1.807) is 0 Å². The largest absolute Gasteiger partial charge is 0.129 e. The molecule has 0 fully saturated rings. The van der Waals surface area contributed by atoms with Gasteiger partial charge < -0.3 is 0 Å². The van der Waals surface area contributed by atoms with Gasteiger partial charge in [-0.3, -0.25) is 0 Å². The van der Waals surface area contributed by atoms with Crippen molar-refractivity contribution in [1.82, 2.24) is 0 Å². The number of hydrogen-bond donors (Lipinski definition) is 0. The van der Waals surface area contributed by atoms with Crippen molar-refractivity contribution in [2.45, 2.75) is 98.2 Å². The topological polar surface area (TPSA) is 0 Å². The van der Waals surface area contributed by atoms with Gasteiger partial charge in [-0.1, -0.05) is 106 Å². The maximum Gasteiger partial charge on any atom is 0.129 e. The summed E-state index contributed by atoms with van der Waals surface area (Å²) in [6, 6.07) is 4.80. The molecular formula is C26H39PSi. The maximum absolute atomic E-state index is 5.89. The van der Waals surface area contributed by atoms with Gasteiger partial charge in [0.2, 0.25) is 0 Å². The second-order valence-corrected chi connectivity index (χ2v) is 17.6. The molecule has 0 amide bonds. The van der Waals surface area contributed by atoms with Crippen molar-refractivity contribution in [1.29, 1.82) is 0 Å². The van der Waals surface area contributed by atoms with Crippen LogP contribution in [-0.2, 0) is 16.2 Å². The fourth-order valence-electron chi connectivity index (χ4n) is 2.79. The van der Waals surface area contributed by atoms with Crippen LogP contribution in [0.25, 0.3) is 0 Å². The molecule has 0 radical (unpaired) electrons. The third-order valence-electron chi connectivity index (χ3n) is 4.51. The summed E-state index contributed by atoms with van der Waals surface area (Å²) in [5.41, 5.74) is 7.78. The Morgan fingerprint density at radius 2 is 1.25 bits per heavy atom. The number of benzene rings is 1. The normalized spacial score (nSPS) is 13.6. The summed E-state index contributed by atoms with van der Waals surface area (Å²) < 4.78 is 0. The highest BCUT2D eigenvalue weighted by molar-refractivity contribution is 7.50. The third kappa shape index (κ3) is 6.96. The van der Waals surface area contributed by atoms with E-state index in [1.807, 2.05) is 0 Å². The van der Waals surface area contributed by atoms with Crippen LogP contribution in [0.4, 0.5) is 0 Å². The molecule has 0 spiro atoms. The molecule has 152 valence electrons. The number of hydrogen-bond acceptors (Lipinski definition) is 0. The average Bonchev–Trinajstić information content (AvgIpc) is 2.46. The summed E-state index contributed by atoms with van der Waals surface area (Å²) >= 11 is 0. The van der Waals surface area contributed by atoms with Gasteiger partial charge in [-0.25, -0.2) is 0 Å². The van der Waals surface area contributed by atoms with Gasteiger partial charge in [-0.15, -0.1) is 12.0 Å². The van der Waals surface area contributed by atoms with Crippen LogP contribution in [-0.4, -0.2) is 13.4 Å². The van der Waals surface area contributed by atoms with Crippen molar-refractivity contribution in [3.8, 4) is 23.8 Å². The molecule has 0 saturated carbocycles. The van der Waals surface area contributed by atoms with E-state index in [4.69, 9.17) is 6.42 Å². The van der Waals surface area contributed by atoms with Gasteiger partial charge in [0.25, 0.3) is 0 Å². The third-order valence-corrected chi connectivity index (χ3v) is 6.55. The molecule has 0 N–H and O–H groups in total. The van der Waals surface area contributed by atoms with Gasteiger partial charge >= 0.3 is 0 Å². The Balaban J connectivity index is 3.98. The van der Waals surface area contributed by atoms with Crippen LogP contribution in [0.5, 0.6) is 0 Å². The van der Waals surface area contributed by atoms with Crippen molar-refractivity contribution in [3.63, 3.8) is 0 Å². The Morgan fingerprint density at radius 1 is 0.821 bits per heavy atom. The Hall–Kier alpha value is -1.27. The first-order valence-electron chi connectivity index (χ1n) is 10.1. The zero-order valence-corrected chi connectivity index (χ0v) is 22.1. The molecule has 0 heterocycles. The monoisotopic (exact) mass is 410 g/mol. The first-order chi connectivity index (χ1) is 12.4. The molecule has 0 saturated heterocycles. The quantitative estimate of drug-likeness (QED) is 0.270. The maximum atomic E-state index is 5.89. The van der Waals surface area contributed by atoms with Crippen LogP contribution < -0.4 is 5.30 Å². The highest BCUT2D eigenvalue weighted by Gasteiger charge is 2.28. The van der Waals surface area contributed by atoms with Gasteiger partial charge in [0.1, 0.15) is 13.4 Å². The van der Waals surface area contributed by atoms with Gasteiger partial charge in [0.15, 0.2) is 0 Å². The number of rotatable bonds is 1.